The molecule has 2 heterocycles. The fourth-order valence-corrected chi connectivity index (χ4v) is 3.56. The molecule has 1 aromatic carbocycles. The molecule has 0 aliphatic carbocycles. The molecule has 3 rings (SSSR count). The molecule has 2 aromatic rings. The zero-order valence-corrected chi connectivity index (χ0v) is 15.3. The number of benzene rings is 1. The van der Waals surface area contributed by atoms with Crippen molar-refractivity contribution in [3.8, 4) is 0 Å². The average Bonchev–Trinajstić information content (AvgIpc) is 2.86. The van der Waals surface area contributed by atoms with Gasteiger partial charge in [-0.15, -0.1) is 0 Å². The number of alkyl halides is 3. The number of aromatic nitrogens is 2. The topological polar surface area (TPSA) is 56.5 Å². The van der Waals surface area contributed by atoms with E-state index in [-0.39, 0.29) is 30.4 Å². The standard InChI is InChI=1S/C18H22F3N3O3/c1-12(25)27-10-9-23-16-11-13(18(19,20)21)3-4-15(16)24(17(23)26)14-5-7-22(2)8-6-14/h3-4,11,14H,5-10H2,1-2H3. The predicted molar refractivity (Wildman–Crippen MR) is 93.6 cm³/mol. The third-order valence-electron chi connectivity index (χ3n) is 4.96. The Bertz CT molecular complexity index is 893. The van der Waals surface area contributed by atoms with Gasteiger partial charge in [0.25, 0.3) is 0 Å². The van der Waals surface area contributed by atoms with E-state index in [1.165, 1.54) is 17.6 Å². The largest absolute Gasteiger partial charge is 0.464 e. The number of likely N-dealkylation sites (tertiary alicyclic amines) is 1. The van der Waals surface area contributed by atoms with Gasteiger partial charge in [-0.3, -0.25) is 13.9 Å². The lowest BCUT2D eigenvalue weighted by molar-refractivity contribution is -0.141. The molecule has 148 valence electrons. The lowest BCUT2D eigenvalue weighted by Crippen LogP contribution is -2.36. The summed E-state index contributed by atoms with van der Waals surface area (Å²) in [6.45, 7) is 2.82. The second-order valence-corrected chi connectivity index (χ2v) is 6.88. The molecule has 1 saturated heterocycles. The molecule has 0 amide bonds. The first-order chi connectivity index (χ1) is 12.7. The quantitative estimate of drug-likeness (QED) is 0.760. The van der Waals surface area contributed by atoms with Crippen LogP contribution in [-0.4, -0.2) is 46.7 Å². The Morgan fingerprint density at radius 1 is 1.22 bits per heavy atom. The lowest BCUT2D eigenvalue weighted by atomic mass is 10.0. The summed E-state index contributed by atoms with van der Waals surface area (Å²) in [6, 6.07) is 3.29. The van der Waals surface area contributed by atoms with Gasteiger partial charge in [-0.25, -0.2) is 4.79 Å². The van der Waals surface area contributed by atoms with Gasteiger partial charge in [0.2, 0.25) is 0 Å². The Balaban J connectivity index is 2.08. The fraction of sp³-hybridized carbons (Fsp3) is 0.556. The molecule has 0 saturated carbocycles. The zero-order valence-electron chi connectivity index (χ0n) is 15.3. The van der Waals surface area contributed by atoms with Crippen LogP contribution in [0.2, 0.25) is 0 Å². The van der Waals surface area contributed by atoms with E-state index in [1.54, 1.807) is 4.57 Å². The highest BCUT2D eigenvalue weighted by Gasteiger charge is 2.32. The van der Waals surface area contributed by atoms with E-state index in [0.29, 0.717) is 5.52 Å². The van der Waals surface area contributed by atoms with Crippen molar-refractivity contribution in [1.82, 2.24) is 14.0 Å². The summed E-state index contributed by atoms with van der Waals surface area (Å²) in [5.41, 5.74) is -0.492. The van der Waals surface area contributed by atoms with Crippen molar-refractivity contribution in [2.24, 2.45) is 0 Å². The van der Waals surface area contributed by atoms with Crippen LogP contribution in [-0.2, 0) is 22.3 Å². The van der Waals surface area contributed by atoms with E-state index >= 15 is 0 Å². The molecule has 0 bridgehead atoms. The van der Waals surface area contributed by atoms with Gasteiger partial charge >= 0.3 is 17.8 Å². The summed E-state index contributed by atoms with van der Waals surface area (Å²) in [7, 11) is 2.00. The van der Waals surface area contributed by atoms with Crippen molar-refractivity contribution in [2.45, 2.75) is 38.5 Å². The number of imidazole rings is 1. The van der Waals surface area contributed by atoms with E-state index < -0.39 is 17.7 Å². The minimum absolute atomic E-state index is 0.00977. The van der Waals surface area contributed by atoms with Gasteiger partial charge in [0, 0.05) is 13.0 Å². The number of piperidine rings is 1. The van der Waals surface area contributed by atoms with Crippen LogP contribution in [0.5, 0.6) is 0 Å². The maximum Gasteiger partial charge on any atom is 0.416 e. The number of hydrogen-bond acceptors (Lipinski definition) is 4. The first-order valence-electron chi connectivity index (χ1n) is 8.82. The summed E-state index contributed by atoms with van der Waals surface area (Å²) in [4.78, 5) is 26.1. The van der Waals surface area contributed by atoms with E-state index in [2.05, 4.69) is 4.90 Å². The molecule has 9 heteroatoms. The third kappa shape index (κ3) is 4.02. The highest BCUT2D eigenvalue weighted by Crippen LogP contribution is 2.32. The Kier molecular flexibility index (Phi) is 5.32. The number of halogens is 3. The van der Waals surface area contributed by atoms with Crippen LogP contribution in [0.4, 0.5) is 13.2 Å². The Morgan fingerprint density at radius 2 is 1.89 bits per heavy atom. The third-order valence-corrected chi connectivity index (χ3v) is 4.96. The van der Waals surface area contributed by atoms with Gasteiger partial charge in [-0.2, -0.15) is 13.2 Å². The SMILES string of the molecule is CC(=O)OCCn1c(=O)n(C2CCN(C)CC2)c2ccc(C(F)(F)F)cc21. The molecular weight excluding hydrogens is 363 g/mol. The van der Waals surface area contributed by atoms with Crippen molar-refractivity contribution < 1.29 is 22.7 Å². The maximum atomic E-state index is 13.1. The maximum absolute atomic E-state index is 13.1. The number of carbonyl (C=O) groups excluding carboxylic acids is 1. The number of esters is 1. The molecule has 1 aliphatic heterocycles. The molecule has 0 unspecified atom stereocenters. The normalized spacial score (nSPS) is 16.8. The van der Waals surface area contributed by atoms with Gasteiger partial charge in [-0.05, 0) is 51.2 Å². The molecular formula is C18H22F3N3O3. The van der Waals surface area contributed by atoms with Gasteiger partial charge < -0.3 is 9.64 Å². The molecule has 0 radical (unpaired) electrons. The van der Waals surface area contributed by atoms with E-state index in [0.717, 1.165) is 38.1 Å². The number of rotatable bonds is 4. The van der Waals surface area contributed by atoms with E-state index in [1.807, 2.05) is 7.05 Å². The van der Waals surface area contributed by atoms with Crippen LogP contribution in [0, 0.1) is 0 Å². The molecule has 1 fully saturated rings. The van der Waals surface area contributed by atoms with Crippen molar-refractivity contribution in [1.29, 1.82) is 0 Å². The average molecular weight is 385 g/mol. The minimum atomic E-state index is -4.50. The molecule has 1 aromatic heterocycles. The fourth-order valence-electron chi connectivity index (χ4n) is 3.56. The predicted octanol–water partition coefficient (Wildman–Crippen LogP) is 2.65. The summed E-state index contributed by atoms with van der Waals surface area (Å²) < 4.78 is 47.2. The monoisotopic (exact) mass is 385 g/mol. The van der Waals surface area contributed by atoms with E-state index in [9.17, 15) is 22.8 Å². The molecule has 0 spiro atoms. The number of nitrogens with zero attached hydrogens (tertiary/aromatic N) is 3. The van der Waals surface area contributed by atoms with Gasteiger partial charge in [-0.1, -0.05) is 0 Å². The summed E-state index contributed by atoms with van der Waals surface area (Å²) >= 11 is 0. The Hall–Kier alpha value is -2.29. The van der Waals surface area contributed by atoms with Crippen molar-refractivity contribution in [3.63, 3.8) is 0 Å². The van der Waals surface area contributed by atoms with Crippen LogP contribution >= 0.6 is 0 Å². The molecule has 6 nitrogen and oxygen atoms in total. The molecule has 1 aliphatic rings. The van der Waals surface area contributed by atoms with Gasteiger partial charge in [0.1, 0.15) is 6.61 Å². The van der Waals surface area contributed by atoms with Crippen molar-refractivity contribution in [3.05, 3.63) is 34.2 Å². The first-order valence-corrected chi connectivity index (χ1v) is 8.82. The van der Waals surface area contributed by atoms with Crippen LogP contribution in [0.25, 0.3) is 11.0 Å². The smallest absolute Gasteiger partial charge is 0.416 e. The Morgan fingerprint density at radius 3 is 2.48 bits per heavy atom. The van der Waals surface area contributed by atoms with Crippen LogP contribution in [0.3, 0.4) is 0 Å². The number of carbonyl (C=O) groups is 1. The summed E-state index contributed by atoms with van der Waals surface area (Å²) in [6.07, 6.45) is -3.00. The minimum Gasteiger partial charge on any atom is -0.464 e. The Labute approximate surface area is 154 Å². The van der Waals surface area contributed by atoms with Crippen molar-refractivity contribution in [2.75, 3.05) is 26.7 Å². The van der Waals surface area contributed by atoms with E-state index in [4.69, 9.17) is 4.74 Å². The lowest BCUT2D eigenvalue weighted by Gasteiger charge is -2.29. The highest BCUT2D eigenvalue weighted by molar-refractivity contribution is 5.77. The molecule has 27 heavy (non-hydrogen) atoms. The van der Waals surface area contributed by atoms with Crippen LogP contribution in [0.15, 0.2) is 23.0 Å². The number of hydrogen-bond donors (Lipinski definition) is 0. The molecule has 0 atom stereocenters. The van der Waals surface area contributed by atoms with Crippen LogP contribution < -0.4 is 5.69 Å². The second kappa shape index (κ2) is 7.38. The zero-order chi connectivity index (χ0) is 19.8. The number of ether oxygens (including phenoxy) is 1. The molecule has 0 N–H and O–H groups in total. The van der Waals surface area contributed by atoms with Crippen molar-refractivity contribution >= 4 is 17.0 Å². The first kappa shape index (κ1) is 19.5. The highest BCUT2D eigenvalue weighted by atomic mass is 19.4. The second-order valence-electron chi connectivity index (χ2n) is 6.88. The van der Waals surface area contributed by atoms with Gasteiger partial charge in [0.05, 0.1) is 23.1 Å². The van der Waals surface area contributed by atoms with Gasteiger partial charge in [0.15, 0.2) is 0 Å². The number of fused-ring (bicyclic) bond motifs is 1. The summed E-state index contributed by atoms with van der Waals surface area (Å²) in [5, 5.41) is 0. The van der Waals surface area contributed by atoms with Crippen LogP contribution in [0.1, 0.15) is 31.4 Å². The summed E-state index contributed by atoms with van der Waals surface area (Å²) in [5.74, 6) is -0.502.